The maximum absolute atomic E-state index is 13.5. The van der Waals surface area contributed by atoms with E-state index in [1.807, 2.05) is 36.9 Å². The normalized spacial score (nSPS) is 18.1. The molecule has 3 aromatic rings. The van der Waals surface area contributed by atoms with Crippen molar-refractivity contribution in [2.75, 3.05) is 13.1 Å². The second-order valence-corrected chi connectivity index (χ2v) is 7.43. The van der Waals surface area contributed by atoms with Crippen molar-refractivity contribution < 1.29 is 4.39 Å². The van der Waals surface area contributed by atoms with Crippen LogP contribution in [0.2, 0.25) is 0 Å². The van der Waals surface area contributed by atoms with Gasteiger partial charge in [0, 0.05) is 38.4 Å². The third-order valence-corrected chi connectivity index (χ3v) is 5.38. The van der Waals surface area contributed by atoms with Crippen molar-refractivity contribution in [1.82, 2.24) is 29.2 Å². The molecule has 0 spiro atoms. The summed E-state index contributed by atoms with van der Waals surface area (Å²) in [5.74, 6) is 2.22. The molecule has 142 valence electrons. The van der Waals surface area contributed by atoms with Crippen LogP contribution < -0.4 is 0 Å². The maximum Gasteiger partial charge on any atom is 0.152 e. The van der Waals surface area contributed by atoms with Gasteiger partial charge in [-0.05, 0) is 43.5 Å². The summed E-state index contributed by atoms with van der Waals surface area (Å²) >= 11 is 0. The highest BCUT2D eigenvalue weighted by Crippen LogP contribution is 2.27. The topological polar surface area (TPSA) is 51.8 Å². The number of hydrogen-bond donors (Lipinski definition) is 0. The van der Waals surface area contributed by atoms with Crippen LogP contribution in [0, 0.1) is 12.7 Å². The Morgan fingerprint density at radius 1 is 1.22 bits per heavy atom. The highest BCUT2D eigenvalue weighted by molar-refractivity contribution is 5.24. The zero-order chi connectivity index (χ0) is 18.8. The number of aromatic nitrogens is 5. The van der Waals surface area contributed by atoms with Crippen LogP contribution in [0.5, 0.6) is 0 Å². The van der Waals surface area contributed by atoms with Gasteiger partial charge in [-0.25, -0.2) is 9.37 Å². The van der Waals surface area contributed by atoms with Gasteiger partial charge in [-0.2, -0.15) is 0 Å². The molecule has 6 nitrogen and oxygen atoms in total. The van der Waals surface area contributed by atoms with Gasteiger partial charge in [0.15, 0.2) is 5.82 Å². The van der Waals surface area contributed by atoms with E-state index in [9.17, 15) is 4.39 Å². The number of hydrogen-bond acceptors (Lipinski definition) is 4. The smallest absolute Gasteiger partial charge is 0.152 e. The molecule has 0 amide bonds. The van der Waals surface area contributed by atoms with Crippen LogP contribution in [-0.2, 0) is 20.1 Å². The molecule has 1 saturated heterocycles. The molecule has 1 fully saturated rings. The summed E-state index contributed by atoms with van der Waals surface area (Å²) in [5, 5.41) is 8.89. The Labute approximate surface area is 158 Å². The lowest BCUT2D eigenvalue weighted by Gasteiger charge is -2.32. The summed E-state index contributed by atoms with van der Waals surface area (Å²) in [6.07, 6.45) is 7.75. The molecule has 2 aromatic heterocycles. The molecule has 1 aromatic carbocycles. The summed E-state index contributed by atoms with van der Waals surface area (Å²) in [6.45, 7) is 5.35. The molecule has 0 saturated carbocycles. The average Bonchev–Trinajstić information content (AvgIpc) is 3.29. The zero-order valence-corrected chi connectivity index (χ0v) is 15.8. The molecule has 3 heterocycles. The Kier molecular flexibility index (Phi) is 5.03. The average molecular weight is 368 g/mol. The fraction of sp³-hybridized carbons (Fsp3) is 0.450. The van der Waals surface area contributed by atoms with Crippen LogP contribution in [-0.4, -0.2) is 42.3 Å². The number of piperidine rings is 1. The predicted octanol–water partition coefficient (Wildman–Crippen LogP) is 2.89. The molecule has 0 bridgehead atoms. The lowest BCUT2D eigenvalue weighted by atomic mass is 9.96. The summed E-state index contributed by atoms with van der Waals surface area (Å²) in [7, 11) is 2.05. The number of aryl methyl sites for hydroxylation is 1. The third kappa shape index (κ3) is 3.93. The lowest BCUT2D eigenvalue weighted by Crippen LogP contribution is -2.34. The fourth-order valence-electron chi connectivity index (χ4n) is 3.89. The Morgan fingerprint density at radius 2 is 2.11 bits per heavy atom. The summed E-state index contributed by atoms with van der Waals surface area (Å²) in [5.41, 5.74) is 1.87. The molecule has 7 heteroatoms. The van der Waals surface area contributed by atoms with Crippen LogP contribution in [0.3, 0.4) is 0 Å². The number of benzene rings is 1. The van der Waals surface area contributed by atoms with Gasteiger partial charge in [0.05, 0.1) is 12.9 Å². The lowest BCUT2D eigenvalue weighted by molar-refractivity contribution is 0.195. The van der Waals surface area contributed by atoms with Crippen molar-refractivity contribution >= 4 is 0 Å². The first-order valence-corrected chi connectivity index (χ1v) is 9.41. The second kappa shape index (κ2) is 7.60. The predicted molar refractivity (Wildman–Crippen MR) is 101 cm³/mol. The third-order valence-electron chi connectivity index (χ3n) is 5.38. The number of rotatable bonds is 5. The van der Waals surface area contributed by atoms with Crippen molar-refractivity contribution in [3.05, 3.63) is 65.5 Å². The Balaban J connectivity index is 1.45. The summed E-state index contributed by atoms with van der Waals surface area (Å²) < 4.78 is 17.6. The van der Waals surface area contributed by atoms with Gasteiger partial charge in [-0.15, -0.1) is 10.2 Å². The SMILES string of the molecule is Cc1cc(CN2CCC[C@@H](c3nnc(Cn4ccnc4)n3C)C2)ccc1F. The van der Waals surface area contributed by atoms with Gasteiger partial charge < -0.3 is 9.13 Å². The minimum atomic E-state index is -0.139. The highest BCUT2D eigenvalue weighted by atomic mass is 19.1. The molecule has 1 atom stereocenters. The van der Waals surface area contributed by atoms with Crippen LogP contribution in [0.25, 0.3) is 0 Å². The van der Waals surface area contributed by atoms with Gasteiger partial charge in [-0.1, -0.05) is 12.1 Å². The molecule has 27 heavy (non-hydrogen) atoms. The van der Waals surface area contributed by atoms with E-state index in [1.54, 1.807) is 18.6 Å². The van der Waals surface area contributed by atoms with E-state index in [4.69, 9.17) is 0 Å². The Hall–Kier alpha value is -2.54. The van der Waals surface area contributed by atoms with E-state index in [0.717, 1.165) is 49.7 Å². The molecule has 1 aliphatic rings. The van der Waals surface area contributed by atoms with Gasteiger partial charge in [0.1, 0.15) is 11.6 Å². The standard InChI is InChI=1S/C20H25FN6/c1-15-10-16(5-6-18(15)21)11-26-8-3-4-17(12-26)20-24-23-19(25(20)2)13-27-9-7-22-14-27/h5-7,9-10,14,17H,3-4,8,11-13H2,1-2H3/t17-/m1/s1. The molecule has 0 unspecified atom stereocenters. The fourth-order valence-corrected chi connectivity index (χ4v) is 3.89. The first kappa shape index (κ1) is 17.9. The van der Waals surface area contributed by atoms with Crippen molar-refractivity contribution in [2.45, 2.75) is 38.8 Å². The number of nitrogens with zero attached hydrogens (tertiary/aromatic N) is 6. The first-order valence-electron chi connectivity index (χ1n) is 9.41. The van der Waals surface area contributed by atoms with Gasteiger partial charge >= 0.3 is 0 Å². The molecule has 0 radical (unpaired) electrons. The van der Waals surface area contributed by atoms with E-state index >= 15 is 0 Å². The maximum atomic E-state index is 13.5. The number of halogens is 1. The van der Waals surface area contributed by atoms with Crippen LogP contribution in [0.15, 0.2) is 36.9 Å². The minimum Gasteiger partial charge on any atom is -0.330 e. The molecule has 1 aliphatic heterocycles. The molecular weight excluding hydrogens is 343 g/mol. The Morgan fingerprint density at radius 3 is 2.89 bits per heavy atom. The van der Waals surface area contributed by atoms with Crippen LogP contribution in [0.4, 0.5) is 4.39 Å². The van der Waals surface area contributed by atoms with Gasteiger partial charge in [0.25, 0.3) is 0 Å². The molecule has 0 aliphatic carbocycles. The number of likely N-dealkylation sites (tertiary alicyclic amines) is 1. The summed E-state index contributed by atoms with van der Waals surface area (Å²) in [6, 6.07) is 5.40. The van der Waals surface area contributed by atoms with Crippen molar-refractivity contribution in [3.8, 4) is 0 Å². The van der Waals surface area contributed by atoms with E-state index in [0.29, 0.717) is 18.0 Å². The van der Waals surface area contributed by atoms with E-state index in [1.165, 1.54) is 0 Å². The number of imidazole rings is 1. The Bertz CT molecular complexity index is 901. The molecular formula is C20H25FN6. The zero-order valence-electron chi connectivity index (χ0n) is 15.8. The molecule has 0 N–H and O–H groups in total. The van der Waals surface area contributed by atoms with Crippen molar-refractivity contribution in [3.63, 3.8) is 0 Å². The van der Waals surface area contributed by atoms with E-state index in [-0.39, 0.29) is 5.82 Å². The van der Waals surface area contributed by atoms with Crippen molar-refractivity contribution in [2.24, 2.45) is 7.05 Å². The summed E-state index contributed by atoms with van der Waals surface area (Å²) in [4.78, 5) is 6.52. The van der Waals surface area contributed by atoms with Gasteiger partial charge in [-0.3, -0.25) is 4.90 Å². The van der Waals surface area contributed by atoms with E-state index in [2.05, 4.69) is 24.6 Å². The monoisotopic (exact) mass is 368 g/mol. The van der Waals surface area contributed by atoms with Gasteiger partial charge in [0.2, 0.25) is 0 Å². The van der Waals surface area contributed by atoms with Crippen LogP contribution >= 0.6 is 0 Å². The largest absolute Gasteiger partial charge is 0.330 e. The second-order valence-electron chi connectivity index (χ2n) is 7.43. The van der Waals surface area contributed by atoms with Crippen LogP contribution in [0.1, 0.15) is 41.5 Å². The van der Waals surface area contributed by atoms with E-state index < -0.39 is 0 Å². The highest BCUT2D eigenvalue weighted by Gasteiger charge is 2.26. The van der Waals surface area contributed by atoms with Crippen molar-refractivity contribution in [1.29, 1.82) is 0 Å². The first-order chi connectivity index (χ1) is 13.1. The minimum absolute atomic E-state index is 0.139. The quantitative estimate of drug-likeness (QED) is 0.695. The molecule has 4 rings (SSSR count).